The molecule has 0 spiro atoms. The molecule has 0 radical (unpaired) electrons. The van der Waals surface area contributed by atoms with Crippen molar-refractivity contribution < 1.29 is 24.2 Å². The zero-order valence-electron chi connectivity index (χ0n) is 16.7. The third-order valence-electron chi connectivity index (χ3n) is 8.83. The van der Waals surface area contributed by atoms with Gasteiger partial charge in [-0.1, -0.05) is 25.5 Å². The van der Waals surface area contributed by atoms with Gasteiger partial charge in [0, 0.05) is 16.7 Å². The number of rotatable bonds is 2. The van der Waals surface area contributed by atoms with Crippen molar-refractivity contribution in [2.45, 2.75) is 63.8 Å². The Bertz CT molecular complexity index is 808. The summed E-state index contributed by atoms with van der Waals surface area (Å²) in [7, 11) is 0. The number of halogens is 1. The number of hydrogen-bond acceptors (Lipinski definition) is 5. The van der Waals surface area contributed by atoms with Crippen molar-refractivity contribution in [2.24, 2.45) is 34.3 Å². The van der Waals surface area contributed by atoms with Gasteiger partial charge in [-0.15, -0.1) is 0 Å². The molecule has 0 bridgehead atoms. The van der Waals surface area contributed by atoms with Gasteiger partial charge >= 0.3 is 0 Å². The average Bonchev–Trinajstić information content (AvgIpc) is 2.84. The molecular weight excluding hydrogens is 361 g/mol. The molecule has 3 saturated carbocycles. The molecule has 0 aliphatic heterocycles. The minimum absolute atomic E-state index is 0.0120. The fraction of sp³-hybridized carbons (Fsp3) is 0.727. The van der Waals surface area contributed by atoms with Crippen LogP contribution in [0.15, 0.2) is 23.8 Å². The number of Topliss-reactive ketones (excluding diaryl/α,β-unsaturated/α-hetero) is 1. The van der Waals surface area contributed by atoms with Crippen LogP contribution >= 0.6 is 0 Å². The van der Waals surface area contributed by atoms with E-state index >= 15 is 4.39 Å². The summed E-state index contributed by atoms with van der Waals surface area (Å²) in [6, 6.07) is 0. The lowest BCUT2D eigenvalue weighted by molar-refractivity contribution is -0.218. The van der Waals surface area contributed by atoms with Crippen LogP contribution in [0.3, 0.4) is 0 Å². The number of carbonyl (C=O) groups excluding carboxylic acids is 2. The van der Waals surface area contributed by atoms with Crippen molar-refractivity contribution in [3.8, 4) is 0 Å². The molecule has 0 aromatic heterocycles. The number of aliphatic hydroxyl groups is 2. The summed E-state index contributed by atoms with van der Waals surface area (Å²) < 4.78 is 16.9. The second kappa shape index (κ2) is 5.83. The Morgan fingerprint density at radius 3 is 2.68 bits per heavy atom. The molecule has 154 valence electrons. The van der Waals surface area contributed by atoms with Gasteiger partial charge in [-0.2, -0.15) is 0 Å². The topological polar surface area (TPSA) is 101 Å². The summed E-state index contributed by atoms with van der Waals surface area (Å²) in [5.41, 5.74) is 0.711. The molecule has 6 heteroatoms. The monoisotopic (exact) mass is 391 g/mol. The normalized spacial score (nSPS) is 52.5. The van der Waals surface area contributed by atoms with Crippen LogP contribution < -0.4 is 5.73 Å². The van der Waals surface area contributed by atoms with Crippen LogP contribution in [0.5, 0.6) is 0 Å². The van der Waals surface area contributed by atoms with Gasteiger partial charge in [0.05, 0.1) is 12.6 Å². The molecule has 4 aliphatic rings. The molecule has 0 unspecified atom stereocenters. The second-order valence-corrected chi connectivity index (χ2v) is 9.80. The van der Waals surface area contributed by atoms with Crippen molar-refractivity contribution in [3.05, 3.63) is 23.8 Å². The highest BCUT2D eigenvalue weighted by Gasteiger charge is 2.75. The number of hydrogen-bond donors (Lipinski definition) is 3. The highest BCUT2D eigenvalue weighted by Crippen LogP contribution is 2.70. The first kappa shape index (κ1) is 19.9. The zero-order valence-corrected chi connectivity index (χ0v) is 16.7. The summed E-state index contributed by atoms with van der Waals surface area (Å²) in [5.74, 6) is -1.71. The van der Waals surface area contributed by atoms with Crippen molar-refractivity contribution in [2.75, 3.05) is 6.54 Å². The van der Waals surface area contributed by atoms with Crippen LogP contribution in [0.2, 0.25) is 0 Å². The number of fused-ring (bicyclic) bond motifs is 5. The Hall–Kier alpha value is -1.37. The molecule has 0 heterocycles. The van der Waals surface area contributed by atoms with E-state index in [1.165, 1.54) is 12.2 Å². The van der Waals surface area contributed by atoms with E-state index < -0.39 is 39.9 Å². The summed E-state index contributed by atoms with van der Waals surface area (Å²) >= 11 is 0. The number of nitrogens with two attached hydrogens (primary N) is 1. The lowest BCUT2D eigenvalue weighted by Crippen LogP contribution is -2.69. The smallest absolute Gasteiger partial charge is 0.178 e. The van der Waals surface area contributed by atoms with Gasteiger partial charge in [0.2, 0.25) is 0 Å². The Kier molecular flexibility index (Phi) is 4.15. The van der Waals surface area contributed by atoms with E-state index in [0.717, 1.165) is 5.57 Å². The largest absolute Gasteiger partial charge is 0.390 e. The summed E-state index contributed by atoms with van der Waals surface area (Å²) in [6.45, 7) is 5.11. The van der Waals surface area contributed by atoms with E-state index in [1.54, 1.807) is 13.0 Å². The average molecular weight is 391 g/mol. The SMILES string of the molecule is C[C@@H]1C[C@H]2[C@@H]3CCC4=CC(=O)C=C[C@]4(C)[C@@]3(F)[C@H](O)C[C@]2(C)[C@@]1(O)C(=O)CN. The fourth-order valence-corrected chi connectivity index (χ4v) is 7.30. The van der Waals surface area contributed by atoms with Crippen molar-refractivity contribution >= 4 is 11.6 Å². The quantitative estimate of drug-likeness (QED) is 0.667. The number of ketones is 2. The van der Waals surface area contributed by atoms with Crippen LogP contribution in [0, 0.1) is 28.6 Å². The zero-order chi connectivity index (χ0) is 20.7. The van der Waals surface area contributed by atoms with Crippen molar-refractivity contribution in [3.63, 3.8) is 0 Å². The highest BCUT2D eigenvalue weighted by atomic mass is 19.1. The number of allylic oxidation sites excluding steroid dienone is 4. The minimum Gasteiger partial charge on any atom is -0.390 e. The first-order valence-corrected chi connectivity index (χ1v) is 10.2. The van der Waals surface area contributed by atoms with E-state index in [-0.39, 0.29) is 30.6 Å². The lowest BCUT2D eigenvalue weighted by Gasteiger charge is -2.62. The van der Waals surface area contributed by atoms with E-state index in [4.69, 9.17) is 5.73 Å². The molecule has 4 aliphatic carbocycles. The molecule has 3 fully saturated rings. The van der Waals surface area contributed by atoms with Gasteiger partial charge in [0.15, 0.2) is 17.2 Å². The van der Waals surface area contributed by atoms with Gasteiger partial charge in [-0.25, -0.2) is 4.39 Å². The highest BCUT2D eigenvalue weighted by molar-refractivity contribution is 6.01. The fourth-order valence-electron chi connectivity index (χ4n) is 7.30. The molecule has 0 aromatic carbocycles. The molecular formula is C22H30FNO4. The Morgan fingerprint density at radius 1 is 1.36 bits per heavy atom. The molecule has 0 saturated heterocycles. The summed E-state index contributed by atoms with van der Waals surface area (Å²) in [5, 5.41) is 22.6. The second-order valence-electron chi connectivity index (χ2n) is 9.80. The molecule has 0 amide bonds. The summed E-state index contributed by atoms with van der Waals surface area (Å²) in [4.78, 5) is 24.5. The molecule has 8 atom stereocenters. The summed E-state index contributed by atoms with van der Waals surface area (Å²) in [6.07, 6.45) is 4.70. The lowest BCUT2D eigenvalue weighted by atomic mass is 9.44. The van der Waals surface area contributed by atoms with Gasteiger partial charge in [-0.05, 0) is 56.6 Å². The first-order chi connectivity index (χ1) is 13.0. The molecule has 5 nitrogen and oxygen atoms in total. The Labute approximate surface area is 164 Å². The van der Waals surface area contributed by atoms with Crippen molar-refractivity contribution in [1.82, 2.24) is 0 Å². The predicted molar refractivity (Wildman–Crippen MR) is 102 cm³/mol. The van der Waals surface area contributed by atoms with Crippen molar-refractivity contribution in [1.29, 1.82) is 0 Å². The Morgan fingerprint density at radius 2 is 2.04 bits per heavy atom. The van der Waals surface area contributed by atoms with E-state index in [1.807, 2.05) is 13.8 Å². The third kappa shape index (κ3) is 2.01. The van der Waals surface area contributed by atoms with Crippen LogP contribution in [0.4, 0.5) is 4.39 Å². The molecule has 4 rings (SSSR count). The maximum absolute atomic E-state index is 16.9. The van der Waals surface area contributed by atoms with Gasteiger partial charge < -0.3 is 15.9 Å². The number of alkyl halides is 1. The van der Waals surface area contributed by atoms with E-state index in [0.29, 0.717) is 19.3 Å². The van der Waals surface area contributed by atoms with Crippen LogP contribution in [-0.2, 0) is 9.59 Å². The minimum atomic E-state index is -1.95. The van der Waals surface area contributed by atoms with Gasteiger partial charge in [-0.3, -0.25) is 9.59 Å². The van der Waals surface area contributed by atoms with E-state index in [9.17, 15) is 19.8 Å². The molecule has 28 heavy (non-hydrogen) atoms. The maximum Gasteiger partial charge on any atom is 0.178 e. The molecule has 4 N–H and O–H groups in total. The van der Waals surface area contributed by atoms with Crippen LogP contribution in [0.25, 0.3) is 0 Å². The third-order valence-corrected chi connectivity index (χ3v) is 8.83. The molecule has 0 aromatic rings. The first-order valence-electron chi connectivity index (χ1n) is 10.2. The van der Waals surface area contributed by atoms with Gasteiger partial charge in [0.1, 0.15) is 5.60 Å². The van der Waals surface area contributed by atoms with Crippen LogP contribution in [-0.4, -0.2) is 45.7 Å². The number of carbonyl (C=O) groups is 2. The van der Waals surface area contributed by atoms with Gasteiger partial charge in [0.25, 0.3) is 0 Å². The number of aliphatic hydroxyl groups excluding tert-OH is 1. The van der Waals surface area contributed by atoms with E-state index in [2.05, 4.69) is 0 Å². The predicted octanol–water partition coefficient (Wildman–Crippen LogP) is 1.86. The standard InChI is InChI=1S/C22H30FNO4/c1-12-8-16-15-5-4-13-9-14(25)6-7-19(13,2)21(15,23)17(26)10-20(16,3)22(12,28)18(27)11-24/h6-7,9,12,15-17,26,28H,4-5,8,10-11,24H2,1-3H3/t12-,15+,16+,17-,19+,20+,21+,22+/m1/s1. The Balaban J connectivity index is 1.84. The van der Waals surface area contributed by atoms with Crippen LogP contribution in [0.1, 0.15) is 46.5 Å². The maximum atomic E-state index is 16.9.